The van der Waals surface area contributed by atoms with Gasteiger partial charge in [-0.15, -0.1) is 0 Å². The molecule has 0 aromatic heterocycles. The molecule has 0 saturated carbocycles. The third kappa shape index (κ3) is 11.3. The van der Waals surface area contributed by atoms with Gasteiger partial charge in [0.1, 0.15) is 0 Å². The molecule has 14 heavy (non-hydrogen) atoms. The van der Waals surface area contributed by atoms with Crippen LogP contribution in [-0.2, 0) is 0 Å². The second-order valence-corrected chi connectivity index (χ2v) is 3.38. The predicted molar refractivity (Wildman–Crippen MR) is 64.2 cm³/mol. The normalized spacial score (nSPS) is 10.1. The molecule has 0 amide bonds. The molecule has 0 spiro atoms. The molecular formula is C13H23N. The summed E-state index contributed by atoms with van der Waals surface area (Å²) in [6.45, 7) is 6.46. The summed E-state index contributed by atoms with van der Waals surface area (Å²) in [7, 11) is 0. The molecule has 1 N–H and O–H groups in total. The van der Waals surface area contributed by atoms with E-state index >= 15 is 0 Å². The van der Waals surface area contributed by atoms with Gasteiger partial charge in [0.25, 0.3) is 0 Å². The Hall–Kier alpha value is -0.740. The molecule has 80 valence electrons. The molecule has 1 heteroatoms. The van der Waals surface area contributed by atoms with Crippen LogP contribution < -0.4 is 5.32 Å². The van der Waals surface area contributed by atoms with Crippen molar-refractivity contribution >= 4 is 0 Å². The number of hydrogen-bond donors (Lipinski definition) is 1. The predicted octanol–water partition coefficient (Wildman–Crippen LogP) is 3.13. The summed E-state index contributed by atoms with van der Waals surface area (Å²) in [5.74, 6) is 6.16. The Labute approximate surface area is 89.0 Å². The lowest BCUT2D eigenvalue weighted by molar-refractivity contribution is 0.681. The minimum absolute atomic E-state index is 0.947. The lowest BCUT2D eigenvalue weighted by atomic mass is 10.2. The number of nitrogens with one attached hydrogen (secondary N) is 1. The van der Waals surface area contributed by atoms with Crippen LogP contribution >= 0.6 is 0 Å². The highest BCUT2D eigenvalue weighted by molar-refractivity contribution is 5.15. The first-order valence-corrected chi connectivity index (χ1v) is 5.76. The number of hydrogen-bond acceptors (Lipinski definition) is 1. The Morgan fingerprint density at radius 2 is 1.93 bits per heavy atom. The monoisotopic (exact) mass is 193 g/mol. The molecule has 1 nitrogen and oxygen atoms in total. The fourth-order valence-electron chi connectivity index (χ4n) is 1.00. The van der Waals surface area contributed by atoms with E-state index in [9.17, 15) is 0 Å². The van der Waals surface area contributed by atoms with Crippen LogP contribution in [-0.4, -0.2) is 13.1 Å². The van der Waals surface area contributed by atoms with Crippen LogP contribution in [0.25, 0.3) is 0 Å². The van der Waals surface area contributed by atoms with Crippen LogP contribution in [0.5, 0.6) is 0 Å². The lowest BCUT2D eigenvalue weighted by Gasteiger charge is -1.96. The van der Waals surface area contributed by atoms with E-state index < -0.39 is 0 Å². The summed E-state index contributed by atoms with van der Waals surface area (Å²) in [5.41, 5.74) is 0. The highest BCUT2D eigenvalue weighted by Gasteiger charge is 1.80. The van der Waals surface area contributed by atoms with Gasteiger partial charge in [0.15, 0.2) is 0 Å². The van der Waals surface area contributed by atoms with Crippen LogP contribution in [0, 0.1) is 11.8 Å². The first kappa shape index (κ1) is 13.3. The fraction of sp³-hybridized carbons (Fsp3) is 0.692. The standard InChI is InChI=1S/C13H23N/c1-3-5-7-8-9-10-11-13-14-12-6-4-2/h10-11,14H,3-7,12-13H2,1-2H3/b11-10-. The minimum atomic E-state index is 0.947. The maximum atomic E-state index is 3.33. The Morgan fingerprint density at radius 3 is 2.64 bits per heavy atom. The van der Waals surface area contributed by atoms with Crippen molar-refractivity contribution in [1.82, 2.24) is 5.32 Å². The molecule has 0 aliphatic rings. The molecule has 0 saturated heterocycles. The zero-order valence-electron chi connectivity index (χ0n) is 9.60. The maximum absolute atomic E-state index is 3.33. The van der Waals surface area contributed by atoms with Gasteiger partial charge in [-0.1, -0.05) is 44.6 Å². The fourth-order valence-corrected chi connectivity index (χ4v) is 1.00. The lowest BCUT2D eigenvalue weighted by Crippen LogP contribution is -2.14. The zero-order valence-corrected chi connectivity index (χ0v) is 9.60. The van der Waals surface area contributed by atoms with Crippen LogP contribution in [0.4, 0.5) is 0 Å². The van der Waals surface area contributed by atoms with Crippen molar-refractivity contribution < 1.29 is 0 Å². The van der Waals surface area contributed by atoms with E-state index in [2.05, 4.69) is 37.1 Å². The average Bonchev–Trinajstić information content (AvgIpc) is 2.21. The van der Waals surface area contributed by atoms with Gasteiger partial charge in [-0.05, 0) is 25.5 Å². The summed E-state index contributed by atoms with van der Waals surface area (Å²) in [6, 6.07) is 0. The third-order valence-corrected chi connectivity index (χ3v) is 1.93. The van der Waals surface area contributed by atoms with Gasteiger partial charge in [-0.2, -0.15) is 0 Å². The van der Waals surface area contributed by atoms with Crippen molar-refractivity contribution in [2.75, 3.05) is 13.1 Å². The first-order chi connectivity index (χ1) is 6.91. The van der Waals surface area contributed by atoms with E-state index in [1.54, 1.807) is 0 Å². The van der Waals surface area contributed by atoms with Gasteiger partial charge in [0.2, 0.25) is 0 Å². The van der Waals surface area contributed by atoms with E-state index in [0.717, 1.165) is 19.5 Å². The van der Waals surface area contributed by atoms with Crippen molar-refractivity contribution in [2.24, 2.45) is 0 Å². The molecule has 0 atom stereocenters. The van der Waals surface area contributed by atoms with E-state index in [4.69, 9.17) is 0 Å². The van der Waals surface area contributed by atoms with Crippen LogP contribution in [0.2, 0.25) is 0 Å². The Morgan fingerprint density at radius 1 is 1.14 bits per heavy atom. The molecule has 0 aliphatic carbocycles. The van der Waals surface area contributed by atoms with Gasteiger partial charge in [-0.3, -0.25) is 0 Å². The van der Waals surface area contributed by atoms with Gasteiger partial charge in [0, 0.05) is 13.0 Å². The first-order valence-electron chi connectivity index (χ1n) is 5.76. The zero-order chi connectivity index (χ0) is 10.5. The quantitative estimate of drug-likeness (QED) is 0.484. The molecule has 0 fully saturated rings. The molecule has 0 aliphatic heterocycles. The van der Waals surface area contributed by atoms with Crippen LogP contribution in [0.1, 0.15) is 46.0 Å². The summed E-state index contributed by atoms with van der Waals surface area (Å²) < 4.78 is 0. The molecule has 0 heterocycles. The second-order valence-electron chi connectivity index (χ2n) is 3.38. The van der Waals surface area contributed by atoms with Gasteiger partial charge < -0.3 is 5.32 Å². The molecule has 0 aromatic rings. The minimum Gasteiger partial charge on any atom is -0.313 e. The summed E-state index contributed by atoms with van der Waals surface area (Å²) >= 11 is 0. The summed E-state index contributed by atoms with van der Waals surface area (Å²) in [6.07, 6.45) is 10.0. The summed E-state index contributed by atoms with van der Waals surface area (Å²) in [5, 5.41) is 3.33. The Bertz CT molecular complexity index is 183. The third-order valence-electron chi connectivity index (χ3n) is 1.93. The molecule has 0 rings (SSSR count). The molecular weight excluding hydrogens is 170 g/mol. The largest absolute Gasteiger partial charge is 0.313 e. The molecule has 0 radical (unpaired) electrons. The van der Waals surface area contributed by atoms with E-state index in [1.165, 1.54) is 25.7 Å². The Kier molecular flexibility index (Phi) is 11.6. The molecule has 0 bridgehead atoms. The topological polar surface area (TPSA) is 12.0 Å². The SMILES string of the molecule is CCCCC#C/C=C\CNCCCC. The molecule has 0 aromatic carbocycles. The number of unbranched alkanes of at least 4 members (excludes halogenated alkanes) is 3. The van der Waals surface area contributed by atoms with Crippen LogP contribution in [0.3, 0.4) is 0 Å². The number of rotatable bonds is 7. The average molecular weight is 193 g/mol. The number of allylic oxidation sites excluding steroid dienone is 1. The highest BCUT2D eigenvalue weighted by Crippen LogP contribution is 1.90. The van der Waals surface area contributed by atoms with E-state index in [1.807, 2.05) is 6.08 Å². The van der Waals surface area contributed by atoms with E-state index in [-0.39, 0.29) is 0 Å². The van der Waals surface area contributed by atoms with Crippen molar-refractivity contribution in [3.05, 3.63) is 12.2 Å². The Balaban J connectivity index is 3.20. The van der Waals surface area contributed by atoms with Crippen molar-refractivity contribution in [3.8, 4) is 11.8 Å². The van der Waals surface area contributed by atoms with Crippen molar-refractivity contribution in [3.63, 3.8) is 0 Å². The van der Waals surface area contributed by atoms with Crippen molar-refractivity contribution in [2.45, 2.75) is 46.0 Å². The van der Waals surface area contributed by atoms with Gasteiger partial charge in [0.05, 0.1) is 0 Å². The maximum Gasteiger partial charge on any atom is 0.0144 e. The van der Waals surface area contributed by atoms with Crippen LogP contribution in [0.15, 0.2) is 12.2 Å². The summed E-state index contributed by atoms with van der Waals surface area (Å²) in [4.78, 5) is 0. The highest BCUT2D eigenvalue weighted by atomic mass is 14.8. The van der Waals surface area contributed by atoms with Gasteiger partial charge >= 0.3 is 0 Å². The second kappa shape index (κ2) is 12.3. The molecule has 0 unspecified atom stereocenters. The van der Waals surface area contributed by atoms with E-state index in [0.29, 0.717) is 0 Å². The van der Waals surface area contributed by atoms with Crippen molar-refractivity contribution in [1.29, 1.82) is 0 Å². The smallest absolute Gasteiger partial charge is 0.0144 e. The van der Waals surface area contributed by atoms with Gasteiger partial charge in [-0.25, -0.2) is 0 Å².